The number of fused-ring (bicyclic) bond motifs is 5. The molecule has 4 aliphatic rings. The van der Waals surface area contributed by atoms with Crippen LogP contribution in [0.1, 0.15) is 85.3 Å². The molecule has 11 atom stereocenters. The van der Waals surface area contributed by atoms with Crippen LogP contribution >= 0.6 is 0 Å². The Labute approximate surface area is 204 Å². The summed E-state index contributed by atoms with van der Waals surface area (Å²) in [5.74, 6) is -2.97. The molecular weight excluding hydrogens is 422 g/mol. The molecule has 1 amide bonds. The van der Waals surface area contributed by atoms with Crippen molar-refractivity contribution in [2.24, 2.45) is 46.3 Å². The van der Waals surface area contributed by atoms with Gasteiger partial charge in [-0.05, 0) is 97.6 Å². The lowest BCUT2D eigenvalue weighted by molar-refractivity contribution is -0.207. The topological polar surface area (TPSA) is 127 Å². The van der Waals surface area contributed by atoms with Gasteiger partial charge in [0.2, 0.25) is 5.91 Å². The highest BCUT2D eigenvalue weighted by molar-refractivity contribution is 5.81. The molecule has 7 heteroatoms. The van der Waals surface area contributed by atoms with Crippen LogP contribution in [0.25, 0.3) is 0 Å². The van der Waals surface area contributed by atoms with Gasteiger partial charge in [-0.2, -0.15) is 0 Å². The molecule has 0 aromatic rings. The molecule has 0 unspecified atom stereocenters. The molecule has 0 radical (unpaired) electrons. The van der Waals surface area contributed by atoms with Crippen LogP contribution in [0.5, 0.6) is 0 Å². The number of nitrogens with one attached hydrogen (secondary N) is 1. The molecule has 4 saturated carbocycles. The van der Waals surface area contributed by atoms with Crippen molar-refractivity contribution in [2.75, 3.05) is 6.54 Å². The summed E-state index contributed by atoms with van der Waals surface area (Å²) >= 11 is 0. The van der Waals surface area contributed by atoms with Crippen molar-refractivity contribution in [1.29, 1.82) is 0 Å². The van der Waals surface area contributed by atoms with Crippen LogP contribution in [0.2, 0.25) is 0 Å². The van der Waals surface area contributed by atoms with E-state index in [0.717, 1.165) is 12.8 Å². The molecule has 4 fully saturated rings. The zero-order valence-corrected chi connectivity index (χ0v) is 19.9. The Balaban J connectivity index is 1.59. The van der Waals surface area contributed by atoms with Crippen LogP contribution < -0.4 is 5.32 Å². The van der Waals surface area contributed by atoms with Gasteiger partial charge in [-0.1, -0.05) is 20.8 Å². The second kappa shape index (κ2) is 9.12. The number of carbonyl (C=O) groups is 2. The Morgan fingerprint density at radius 2 is 1.91 bits per heavy atom. The van der Waals surface area contributed by atoms with E-state index in [1.807, 2.05) is 20.8 Å². The summed E-state index contributed by atoms with van der Waals surface area (Å²) in [7, 11) is 0. The number of carboxylic acid groups (broad SMARTS) is 1. The van der Waals surface area contributed by atoms with Gasteiger partial charge in [0.05, 0.1) is 19.7 Å². The Hall–Kier alpha value is -1.18. The van der Waals surface area contributed by atoms with E-state index in [2.05, 4.69) is 5.32 Å². The Bertz CT molecular complexity index is 964. The number of hydrogen-bond acceptors (Lipinski definition) is 5. The molecule has 4 rings (SSSR count). The zero-order valence-electron chi connectivity index (χ0n) is 24.9. The molecule has 188 valence electrons. The largest absolute Gasteiger partial charge is 0.480 e. The maximum Gasteiger partial charge on any atom is 0.322 e. The molecule has 5 N–H and O–H groups in total. The fraction of sp³-hybridized carbons (Fsp3) is 0.923. The van der Waals surface area contributed by atoms with Gasteiger partial charge < -0.3 is 25.7 Å². The highest BCUT2D eigenvalue weighted by atomic mass is 16.4. The van der Waals surface area contributed by atoms with E-state index in [4.69, 9.17) is 12.0 Å². The SMILES string of the molecule is [2H]C1([2H])C[C@@]2(C)[C@@H]3C[C@@H](O)[C@]4(C)[C@H](CC[C@H]4[C@@H](C)CCC(=O)NCC(=O)O)[C@H]3[C@@H](O)C[C@H]2C([2H])([2H])[C@@]1([2H])O. The number of aliphatic hydroxyl groups is 3. The number of hydrogen-bond donors (Lipinski definition) is 5. The van der Waals surface area contributed by atoms with E-state index in [0.29, 0.717) is 6.42 Å². The van der Waals surface area contributed by atoms with Gasteiger partial charge >= 0.3 is 5.97 Å². The summed E-state index contributed by atoms with van der Waals surface area (Å²) in [6.45, 7) is 5.46. The van der Waals surface area contributed by atoms with Crippen LogP contribution in [0.4, 0.5) is 0 Å². The Morgan fingerprint density at radius 3 is 2.61 bits per heavy atom. The van der Waals surface area contributed by atoms with Crippen LogP contribution in [0.15, 0.2) is 0 Å². The van der Waals surface area contributed by atoms with Crippen molar-refractivity contribution in [3.05, 3.63) is 0 Å². The minimum absolute atomic E-state index is 0.0224. The highest BCUT2D eigenvalue weighted by Crippen LogP contribution is 2.68. The number of carbonyl (C=O) groups excluding carboxylic acids is 1. The molecule has 0 heterocycles. The van der Waals surface area contributed by atoms with Crippen molar-refractivity contribution >= 4 is 11.9 Å². The lowest BCUT2D eigenvalue weighted by Crippen LogP contribution is -2.62. The Kier molecular flexibility index (Phi) is 5.27. The highest BCUT2D eigenvalue weighted by Gasteiger charge is 2.65. The molecule has 4 aliphatic carbocycles. The average molecular weight is 471 g/mol. The quantitative estimate of drug-likeness (QED) is 0.406. The predicted molar refractivity (Wildman–Crippen MR) is 123 cm³/mol. The smallest absolute Gasteiger partial charge is 0.322 e. The van der Waals surface area contributed by atoms with E-state index in [-0.39, 0.29) is 61.2 Å². The van der Waals surface area contributed by atoms with E-state index in [9.17, 15) is 24.9 Å². The molecule has 7 nitrogen and oxygen atoms in total. The first-order valence-electron chi connectivity index (χ1n) is 14.9. The van der Waals surface area contributed by atoms with Crippen LogP contribution in [-0.2, 0) is 9.59 Å². The maximum atomic E-state index is 12.1. The van der Waals surface area contributed by atoms with E-state index in [1.54, 1.807) is 0 Å². The molecule has 0 spiro atoms. The normalized spacial score (nSPS) is 55.2. The van der Waals surface area contributed by atoms with Gasteiger partial charge in [-0.3, -0.25) is 9.59 Å². The number of rotatable bonds is 6. The summed E-state index contributed by atoms with van der Waals surface area (Å²) in [6.07, 6.45) is -7.41. The first-order chi connectivity index (χ1) is 17.3. The third kappa shape index (κ3) is 4.23. The minimum atomic E-state index is -2.96. The maximum absolute atomic E-state index is 12.1. The van der Waals surface area contributed by atoms with Gasteiger partial charge in [-0.15, -0.1) is 0 Å². The van der Waals surface area contributed by atoms with Crippen molar-refractivity contribution < 1.29 is 36.9 Å². The van der Waals surface area contributed by atoms with Gasteiger partial charge in [0.25, 0.3) is 0 Å². The lowest BCUT2D eigenvalue weighted by atomic mass is 9.43. The number of amides is 1. The van der Waals surface area contributed by atoms with Gasteiger partial charge in [0, 0.05) is 11.9 Å². The summed E-state index contributed by atoms with van der Waals surface area (Å²) in [4.78, 5) is 22.8. The standard InChI is InChI=1S/C26H43NO6/c1-14(4-7-22(31)27-13-23(32)33)17-5-6-18-24-19(12-21(30)26(17,18)3)25(2)9-8-16(28)10-15(25)11-20(24)29/h14-21,24,28-30H,4-13H2,1-3H3,(H,27,31)(H,32,33)/t14-,15+,16-,17-,18+,19+,20-,21+,24+,25+,26-/m0/s1/i8D2,10D2,16D. The zero-order chi connectivity index (χ0) is 28.6. The molecule has 0 saturated heterocycles. The van der Waals surface area contributed by atoms with Crippen molar-refractivity contribution in [1.82, 2.24) is 5.32 Å². The van der Waals surface area contributed by atoms with Gasteiger partial charge in [0.1, 0.15) is 6.54 Å². The fourth-order valence-electron chi connectivity index (χ4n) is 8.15. The summed E-state index contributed by atoms with van der Waals surface area (Å²) in [5, 5.41) is 45.0. The van der Waals surface area contributed by atoms with Crippen LogP contribution in [0.3, 0.4) is 0 Å². The molecule has 0 bridgehead atoms. The second-order valence-electron chi connectivity index (χ2n) is 11.5. The third-order valence-electron chi connectivity index (χ3n) is 9.97. The van der Waals surface area contributed by atoms with Crippen molar-refractivity contribution in [3.63, 3.8) is 0 Å². The predicted octanol–water partition coefficient (Wildman–Crippen LogP) is 2.56. The van der Waals surface area contributed by atoms with Crippen LogP contribution in [-0.4, -0.2) is 57.1 Å². The summed E-state index contributed by atoms with van der Waals surface area (Å²) in [5.41, 5.74) is -1.51. The average Bonchev–Trinajstić information content (AvgIpc) is 3.15. The number of aliphatic carboxylic acids is 1. The van der Waals surface area contributed by atoms with Crippen molar-refractivity contribution in [3.8, 4) is 0 Å². The van der Waals surface area contributed by atoms with E-state index < -0.39 is 60.3 Å². The van der Waals surface area contributed by atoms with Crippen molar-refractivity contribution in [2.45, 2.75) is 96.8 Å². The van der Waals surface area contributed by atoms with E-state index >= 15 is 0 Å². The fourth-order valence-corrected chi connectivity index (χ4v) is 8.15. The Morgan fingerprint density at radius 1 is 1.18 bits per heavy atom. The number of aliphatic hydroxyl groups excluding tert-OH is 2. The lowest BCUT2D eigenvalue weighted by Gasteiger charge is -2.63. The first kappa shape index (κ1) is 19.1. The molecular formula is C26H43NO6. The minimum Gasteiger partial charge on any atom is -0.480 e. The van der Waals surface area contributed by atoms with Gasteiger partial charge in [0.15, 0.2) is 0 Å². The molecule has 33 heavy (non-hydrogen) atoms. The number of carboxylic acids is 1. The second-order valence-corrected chi connectivity index (χ2v) is 11.5. The summed E-state index contributed by atoms with van der Waals surface area (Å²) in [6, 6.07) is 0. The third-order valence-corrected chi connectivity index (χ3v) is 9.97. The molecule has 0 aliphatic heterocycles. The first-order valence-corrected chi connectivity index (χ1v) is 12.4. The molecule has 0 aromatic heterocycles. The summed E-state index contributed by atoms with van der Waals surface area (Å²) < 4.78 is 42.4. The molecule has 0 aromatic carbocycles. The van der Waals surface area contributed by atoms with Crippen LogP contribution in [0, 0.1) is 46.3 Å². The van der Waals surface area contributed by atoms with E-state index in [1.165, 1.54) is 0 Å². The monoisotopic (exact) mass is 470 g/mol. The van der Waals surface area contributed by atoms with Gasteiger partial charge in [-0.25, -0.2) is 0 Å².